The maximum Gasteiger partial charge on any atom is 0.264 e. The largest absolute Gasteiger partial charge is 0.382 e. The summed E-state index contributed by atoms with van der Waals surface area (Å²) in [4.78, 5) is 60.0. The zero-order chi connectivity index (χ0) is 24.8. The fraction of sp³-hybridized carbons (Fsp3) is 0.522. The van der Waals surface area contributed by atoms with Crippen molar-refractivity contribution in [3.63, 3.8) is 0 Å². The Bertz CT molecular complexity index is 861. The molecule has 0 saturated carbocycles. The van der Waals surface area contributed by atoms with Crippen LogP contribution in [0.2, 0.25) is 0 Å². The molecule has 11 nitrogen and oxygen atoms in total. The van der Waals surface area contributed by atoms with Gasteiger partial charge in [0.05, 0.1) is 56.8 Å². The molecule has 0 aliphatic carbocycles. The van der Waals surface area contributed by atoms with Crippen molar-refractivity contribution in [3.05, 3.63) is 29.3 Å². The van der Waals surface area contributed by atoms with Crippen LogP contribution in [0.25, 0.3) is 0 Å². The summed E-state index contributed by atoms with van der Waals surface area (Å²) < 4.78 is 16.0. The Morgan fingerprint density at radius 2 is 1.68 bits per heavy atom. The fourth-order valence-corrected chi connectivity index (χ4v) is 3.35. The van der Waals surface area contributed by atoms with E-state index in [-0.39, 0.29) is 29.9 Å². The van der Waals surface area contributed by atoms with Gasteiger partial charge in [0.15, 0.2) is 0 Å². The summed E-state index contributed by atoms with van der Waals surface area (Å²) in [6, 6.07) is 3.86. The van der Waals surface area contributed by atoms with Gasteiger partial charge < -0.3 is 34.4 Å². The van der Waals surface area contributed by atoms with Crippen LogP contribution in [-0.4, -0.2) is 94.5 Å². The maximum absolute atomic E-state index is 13.0. The first-order valence-electron chi connectivity index (χ1n) is 11.1. The number of hydrogen-bond donors (Lipinski definition) is 2. The molecule has 1 unspecified atom stereocenters. The molecule has 1 aliphatic rings. The first kappa shape index (κ1) is 27.1. The van der Waals surface area contributed by atoms with Gasteiger partial charge in [0.25, 0.3) is 11.8 Å². The van der Waals surface area contributed by atoms with Crippen LogP contribution in [0, 0.1) is 0 Å². The second kappa shape index (κ2) is 14.9. The second-order valence-electron chi connectivity index (χ2n) is 7.34. The van der Waals surface area contributed by atoms with Crippen molar-refractivity contribution >= 4 is 36.0 Å². The van der Waals surface area contributed by atoms with Crippen molar-refractivity contribution in [2.75, 3.05) is 58.6 Å². The number of nitrogens with one attached hydrogen (secondary N) is 2. The topological polar surface area (TPSA) is 140 Å². The highest BCUT2D eigenvalue weighted by Gasteiger charge is 2.41. The minimum atomic E-state index is -1.02. The van der Waals surface area contributed by atoms with Crippen LogP contribution in [0.4, 0.5) is 5.69 Å². The van der Waals surface area contributed by atoms with Gasteiger partial charge in [-0.05, 0) is 18.6 Å². The number of imide groups is 1. The zero-order valence-corrected chi connectivity index (χ0v) is 19.2. The number of anilines is 1. The minimum Gasteiger partial charge on any atom is -0.382 e. The lowest BCUT2D eigenvalue weighted by molar-refractivity contribution is -0.121. The van der Waals surface area contributed by atoms with E-state index in [1.807, 2.05) is 0 Å². The van der Waals surface area contributed by atoms with Crippen molar-refractivity contribution in [2.24, 2.45) is 0 Å². The van der Waals surface area contributed by atoms with Gasteiger partial charge in [-0.15, -0.1) is 0 Å². The van der Waals surface area contributed by atoms with E-state index in [0.717, 1.165) is 11.2 Å². The molecule has 0 radical (unpaired) electrons. The van der Waals surface area contributed by atoms with Gasteiger partial charge in [0, 0.05) is 32.1 Å². The highest BCUT2D eigenvalue weighted by Crippen LogP contribution is 2.31. The number of nitrogens with zero attached hydrogens (tertiary/aromatic N) is 1. The van der Waals surface area contributed by atoms with Crippen LogP contribution in [0.1, 0.15) is 40.0 Å². The molecule has 1 aliphatic heterocycles. The summed E-state index contributed by atoms with van der Waals surface area (Å²) in [5.41, 5.74) is 0.894. The molecule has 34 heavy (non-hydrogen) atoms. The van der Waals surface area contributed by atoms with Crippen LogP contribution in [-0.2, 0) is 28.6 Å². The standard InChI is InChI=1S/C23H31N3O8/c1-24-20(29)7-6-17(16-28)26-22(30)18-4-2-5-19(21(18)23(26)31)25-8-11-33-13-15-34-14-12-32-10-3-9-27/h2,4-5,9,16-17,25H,3,6-8,10-15H2,1H3,(H,24,29). The molecule has 1 heterocycles. The van der Waals surface area contributed by atoms with E-state index in [9.17, 15) is 24.0 Å². The number of carbonyl (C=O) groups is 5. The molecule has 0 aromatic heterocycles. The van der Waals surface area contributed by atoms with Crippen LogP contribution in [0.5, 0.6) is 0 Å². The monoisotopic (exact) mass is 477 g/mol. The van der Waals surface area contributed by atoms with Crippen molar-refractivity contribution in [1.82, 2.24) is 10.2 Å². The Morgan fingerprint density at radius 1 is 1.00 bits per heavy atom. The number of amides is 3. The fourth-order valence-electron chi connectivity index (χ4n) is 3.35. The lowest BCUT2D eigenvalue weighted by Gasteiger charge is -2.21. The zero-order valence-electron chi connectivity index (χ0n) is 19.2. The van der Waals surface area contributed by atoms with Gasteiger partial charge in [0.2, 0.25) is 5.91 Å². The second-order valence-corrected chi connectivity index (χ2v) is 7.34. The Morgan fingerprint density at radius 3 is 2.32 bits per heavy atom. The van der Waals surface area contributed by atoms with Crippen molar-refractivity contribution < 1.29 is 38.2 Å². The SMILES string of the molecule is CNC(=O)CCC(C=O)N1C(=O)c2cccc(NCCOCCOCCOCCC=O)c2C1=O. The van der Waals surface area contributed by atoms with Crippen molar-refractivity contribution in [2.45, 2.75) is 25.3 Å². The van der Waals surface area contributed by atoms with Crippen molar-refractivity contribution in [1.29, 1.82) is 0 Å². The third-order valence-corrected chi connectivity index (χ3v) is 5.07. The van der Waals surface area contributed by atoms with Crippen LogP contribution in [0.3, 0.4) is 0 Å². The Kier molecular flexibility index (Phi) is 11.9. The first-order valence-corrected chi connectivity index (χ1v) is 11.1. The Hall–Kier alpha value is -3.15. The van der Waals surface area contributed by atoms with E-state index in [1.54, 1.807) is 12.1 Å². The quantitative estimate of drug-likeness (QED) is 0.175. The number of rotatable bonds is 18. The number of benzene rings is 1. The highest BCUT2D eigenvalue weighted by molar-refractivity contribution is 6.24. The molecule has 11 heteroatoms. The molecule has 3 amide bonds. The van der Waals surface area contributed by atoms with Gasteiger partial charge in [-0.25, -0.2) is 0 Å². The summed E-state index contributed by atoms with van der Waals surface area (Å²) in [5.74, 6) is -1.40. The third-order valence-electron chi connectivity index (χ3n) is 5.07. The molecular weight excluding hydrogens is 446 g/mol. The number of ether oxygens (including phenoxy) is 3. The average molecular weight is 478 g/mol. The van der Waals surface area contributed by atoms with E-state index < -0.39 is 17.9 Å². The van der Waals surface area contributed by atoms with E-state index in [2.05, 4.69) is 10.6 Å². The summed E-state index contributed by atoms with van der Waals surface area (Å²) in [6.45, 7) is 2.71. The lowest BCUT2D eigenvalue weighted by Crippen LogP contribution is -2.41. The molecule has 2 N–H and O–H groups in total. The van der Waals surface area contributed by atoms with Gasteiger partial charge in [-0.2, -0.15) is 0 Å². The third kappa shape index (κ3) is 7.72. The summed E-state index contributed by atoms with van der Waals surface area (Å²) in [6.07, 6.45) is 1.76. The molecule has 0 spiro atoms. The molecule has 0 fully saturated rings. The predicted octanol–water partition coefficient (Wildman–Crippen LogP) is 0.427. The molecule has 0 bridgehead atoms. The average Bonchev–Trinajstić information content (AvgIpc) is 3.10. The normalized spacial score (nSPS) is 13.5. The molecule has 2 rings (SSSR count). The minimum absolute atomic E-state index is 0.0205. The predicted molar refractivity (Wildman–Crippen MR) is 122 cm³/mol. The smallest absolute Gasteiger partial charge is 0.264 e. The number of carbonyl (C=O) groups excluding carboxylic acids is 5. The summed E-state index contributed by atoms with van der Waals surface area (Å²) in [5, 5.41) is 5.55. The molecule has 0 saturated heterocycles. The molecule has 1 aromatic rings. The maximum atomic E-state index is 13.0. The molecule has 1 aromatic carbocycles. The van der Waals surface area contributed by atoms with Gasteiger partial charge in [-0.3, -0.25) is 19.3 Å². The molecular formula is C23H31N3O8. The van der Waals surface area contributed by atoms with Crippen LogP contribution in [0.15, 0.2) is 18.2 Å². The summed E-state index contributed by atoms with van der Waals surface area (Å²) >= 11 is 0. The molecule has 186 valence electrons. The first-order chi connectivity index (χ1) is 16.5. The number of fused-ring (bicyclic) bond motifs is 1. The number of aldehydes is 2. The van der Waals surface area contributed by atoms with Crippen molar-refractivity contribution in [3.8, 4) is 0 Å². The number of hydrogen-bond acceptors (Lipinski definition) is 9. The van der Waals surface area contributed by atoms with Gasteiger partial charge in [0.1, 0.15) is 12.6 Å². The van der Waals surface area contributed by atoms with E-state index in [1.165, 1.54) is 13.1 Å². The van der Waals surface area contributed by atoms with Gasteiger partial charge in [-0.1, -0.05) is 6.07 Å². The highest BCUT2D eigenvalue weighted by atomic mass is 16.5. The lowest BCUT2D eigenvalue weighted by atomic mass is 10.1. The summed E-state index contributed by atoms with van der Waals surface area (Å²) in [7, 11) is 1.48. The van der Waals surface area contributed by atoms with Crippen LogP contribution >= 0.6 is 0 Å². The van der Waals surface area contributed by atoms with Gasteiger partial charge >= 0.3 is 0 Å². The Balaban J connectivity index is 1.79. The molecule has 1 atom stereocenters. The Labute approximate surface area is 198 Å². The van der Waals surface area contributed by atoms with E-state index in [4.69, 9.17) is 14.2 Å². The van der Waals surface area contributed by atoms with Crippen LogP contribution < -0.4 is 10.6 Å². The van der Waals surface area contributed by atoms with E-state index >= 15 is 0 Å². The van der Waals surface area contributed by atoms with E-state index in [0.29, 0.717) is 64.6 Å².